The number of fused-ring (bicyclic) bond motifs is 1. The van der Waals surface area contributed by atoms with Crippen LogP contribution in [0.2, 0.25) is 0 Å². The first-order valence-corrected chi connectivity index (χ1v) is 5.76. The standard InChI is InChI=1S/C11H11N3S/c12-11-13-10(14-15-11)9-5-7-3-1-2-4-8(7)6-9/h1-4,9H,5-6H2,(H2,12,13,14). The van der Waals surface area contributed by atoms with E-state index in [2.05, 4.69) is 33.6 Å². The molecular formula is C11H11N3S. The van der Waals surface area contributed by atoms with Crippen molar-refractivity contribution >= 4 is 16.7 Å². The molecule has 4 heteroatoms. The molecule has 1 heterocycles. The fourth-order valence-electron chi connectivity index (χ4n) is 2.15. The highest BCUT2D eigenvalue weighted by atomic mass is 32.1. The van der Waals surface area contributed by atoms with Crippen LogP contribution in [0.5, 0.6) is 0 Å². The Kier molecular flexibility index (Phi) is 1.95. The topological polar surface area (TPSA) is 51.8 Å². The second-order valence-electron chi connectivity index (χ2n) is 3.86. The van der Waals surface area contributed by atoms with Gasteiger partial charge in [0.1, 0.15) is 5.82 Å². The van der Waals surface area contributed by atoms with E-state index < -0.39 is 0 Å². The van der Waals surface area contributed by atoms with E-state index in [1.165, 1.54) is 22.7 Å². The summed E-state index contributed by atoms with van der Waals surface area (Å²) in [6.45, 7) is 0. The molecule has 0 fully saturated rings. The lowest BCUT2D eigenvalue weighted by Crippen LogP contribution is -2.00. The smallest absolute Gasteiger partial charge is 0.199 e. The van der Waals surface area contributed by atoms with Crippen molar-refractivity contribution in [1.82, 2.24) is 9.36 Å². The molecule has 0 saturated heterocycles. The lowest BCUT2D eigenvalue weighted by atomic mass is 10.1. The Bertz CT molecular complexity index is 467. The number of aromatic nitrogens is 2. The average molecular weight is 217 g/mol. The summed E-state index contributed by atoms with van der Waals surface area (Å²) in [4.78, 5) is 4.26. The third-order valence-corrected chi connectivity index (χ3v) is 3.43. The minimum atomic E-state index is 0.427. The second-order valence-corrected chi connectivity index (χ2v) is 4.65. The van der Waals surface area contributed by atoms with E-state index in [9.17, 15) is 0 Å². The molecule has 0 aliphatic heterocycles. The lowest BCUT2D eigenvalue weighted by Gasteiger charge is -2.01. The molecule has 15 heavy (non-hydrogen) atoms. The van der Waals surface area contributed by atoms with E-state index in [0.29, 0.717) is 11.0 Å². The highest BCUT2D eigenvalue weighted by Gasteiger charge is 2.25. The molecule has 2 aromatic rings. The Hall–Kier alpha value is -1.42. The maximum Gasteiger partial charge on any atom is 0.199 e. The van der Waals surface area contributed by atoms with Gasteiger partial charge in [0.15, 0.2) is 5.13 Å². The predicted octanol–water partition coefficient (Wildman–Crippen LogP) is 2.00. The SMILES string of the molecule is Nc1nc(C2Cc3ccccc3C2)ns1. The molecule has 3 nitrogen and oxygen atoms in total. The molecule has 0 unspecified atom stereocenters. The molecule has 0 spiro atoms. The Balaban J connectivity index is 1.90. The molecule has 1 aliphatic rings. The number of anilines is 1. The highest BCUT2D eigenvalue weighted by Crippen LogP contribution is 2.32. The summed E-state index contributed by atoms with van der Waals surface area (Å²) in [7, 11) is 0. The molecule has 0 bridgehead atoms. The predicted molar refractivity (Wildman–Crippen MR) is 60.9 cm³/mol. The number of rotatable bonds is 1. The van der Waals surface area contributed by atoms with Gasteiger partial charge in [0.05, 0.1) is 0 Å². The fraction of sp³-hybridized carbons (Fsp3) is 0.273. The van der Waals surface area contributed by atoms with Crippen LogP contribution in [0.3, 0.4) is 0 Å². The summed E-state index contributed by atoms with van der Waals surface area (Å²) in [5.41, 5.74) is 8.45. The molecule has 0 saturated carbocycles. The van der Waals surface area contributed by atoms with Crippen LogP contribution in [-0.2, 0) is 12.8 Å². The first kappa shape index (κ1) is 8.85. The minimum Gasteiger partial charge on any atom is -0.374 e. The summed E-state index contributed by atoms with van der Waals surface area (Å²) < 4.78 is 4.29. The Morgan fingerprint density at radius 2 is 1.87 bits per heavy atom. The van der Waals surface area contributed by atoms with Crippen molar-refractivity contribution in [2.45, 2.75) is 18.8 Å². The van der Waals surface area contributed by atoms with Gasteiger partial charge in [-0.15, -0.1) is 0 Å². The van der Waals surface area contributed by atoms with E-state index in [4.69, 9.17) is 5.73 Å². The summed E-state index contributed by atoms with van der Waals surface area (Å²) >= 11 is 1.29. The fourth-order valence-corrected chi connectivity index (χ4v) is 2.67. The summed E-state index contributed by atoms with van der Waals surface area (Å²) in [5, 5.41) is 0.570. The van der Waals surface area contributed by atoms with Crippen LogP contribution >= 0.6 is 11.5 Å². The number of nitrogens with zero attached hydrogens (tertiary/aromatic N) is 2. The van der Waals surface area contributed by atoms with E-state index >= 15 is 0 Å². The van der Waals surface area contributed by atoms with Crippen molar-refractivity contribution in [3.05, 3.63) is 41.2 Å². The number of nitrogens with two attached hydrogens (primary N) is 1. The van der Waals surface area contributed by atoms with E-state index in [0.717, 1.165) is 18.7 Å². The lowest BCUT2D eigenvalue weighted by molar-refractivity contribution is 0.698. The number of hydrogen-bond donors (Lipinski definition) is 1. The molecule has 1 aromatic heterocycles. The quantitative estimate of drug-likeness (QED) is 0.795. The Labute approximate surface area is 92.1 Å². The van der Waals surface area contributed by atoms with Crippen LogP contribution in [0.15, 0.2) is 24.3 Å². The molecule has 1 aliphatic carbocycles. The third-order valence-electron chi connectivity index (χ3n) is 2.87. The van der Waals surface area contributed by atoms with Crippen LogP contribution in [-0.4, -0.2) is 9.36 Å². The Morgan fingerprint density at radius 1 is 1.20 bits per heavy atom. The van der Waals surface area contributed by atoms with Gasteiger partial charge >= 0.3 is 0 Å². The highest BCUT2D eigenvalue weighted by molar-refractivity contribution is 7.09. The van der Waals surface area contributed by atoms with Crippen LogP contribution in [0.4, 0.5) is 5.13 Å². The molecule has 0 atom stereocenters. The van der Waals surface area contributed by atoms with Crippen LogP contribution < -0.4 is 5.73 Å². The molecule has 2 N–H and O–H groups in total. The van der Waals surface area contributed by atoms with Crippen molar-refractivity contribution in [3.63, 3.8) is 0 Å². The summed E-state index contributed by atoms with van der Waals surface area (Å²) in [5.74, 6) is 1.34. The van der Waals surface area contributed by atoms with Crippen molar-refractivity contribution in [3.8, 4) is 0 Å². The zero-order chi connectivity index (χ0) is 10.3. The maximum atomic E-state index is 5.60. The number of benzene rings is 1. The van der Waals surface area contributed by atoms with Crippen molar-refractivity contribution in [2.75, 3.05) is 5.73 Å². The average Bonchev–Trinajstić information content (AvgIpc) is 2.82. The maximum absolute atomic E-state index is 5.60. The third kappa shape index (κ3) is 1.51. The number of hydrogen-bond acceptors (Lipinski definition) is 4. The normalized spacial score (nSPS) is 15.5. The van der Waals surface area contributed by atoms with Gasteiger partial charge in [-0.05, 0) is 24.0 Å². The van der Waals surface area contributed by atoms with Crippen molar-refractivity contribution in [2.24, 2.45) is 0 Å². The Morgan fingerprint density at radius 3 is 2.40 bits per heavy atom. The summed E-state index contributed by atoms with van der Waals surface area (Å²) in [6, 6.07) is 8.55. The zero-order valence-corrected chi connectivity index (χ0v) is 9.00. The molecule has 0 radical (unpaired) electrons. The minimum absolute atomic E-state index is 0.427. The van der Waals surface area contributed by atoms with Gasteiger partial charge < -0.3 is 5.73 Å². The van der Waals surface area contributed by atoms with Gasteiger partial charge in [-0.25, -0.2) is 4.98 Å². The van der Waals surface area contributed by atoms with Crippen LogP contribution in [0.25, 0.3) is 0 Å². The molecule has 0 amide bonds. The van der Waals surface area contributed by atoms with Gasteiger partial charge in [0.2, 0.25) is 0 Å². The first-order chi connectivity index (χ1) is 7.33. The largest absolute Gasteiger partial charge is 0.374 e. The molecule has 1 aromatic carbocycles. The van der Waals surface area contributed by atoms with E-state index in [-0.39, 0.29) is 0 Å². The summed E-state index contributed by atoms with van der Waals surface area (Å²) in [6.07, 6.45) is 2.10. The number of nitrogen functional groups attached to an aromatic ring is 1. The monoisotopic (exact) mass is 217 g/mol. The van der Waals surface area contributed by atoms with Crippen molar-refractivity contribution in [1.29, 1.82) is 0 Å². The van der Waals surface area contributed by atoms with Gasteiger partial charge in [0, 0.05) is 17.5 Å². The van der Waals surface area contributed by atoms with Crippen LogP contribution in [0.1, 0.15) is 22.9 Å². The van der Waals surface area contributed by atoms with Crippen molar-refractivity contribution < 1.29 is 0 Å². The van der Waals surface area contributed by atoms with Crippen LogP contribution in [0, 0.1) is 0 Å². The van der Waals surface area contributed by atoms with Gasteiger partial charge in [-0.2, -0.15) is 4.37 Å². The van der Waals surface area contributed by atoms with Gasteiger partial charge in [-0.3, -0.25) is 0 Å². The van der Waals surface area contributed by atoms with Gasteiger partial charge in [0.25, 0.3) is 0 Å². The van der Waals surface area contributed by atoms with Gasteiger partial charge in [-0.1, -0.05) is 24.3 Å². The zero-order valence-electron chi connectivity index (χ0n) is 8.18. The molecule has 76 valence electrons. The van der Waals surface area contributed by atoms with E-state index in [1.54, 1.807) is 0 Å². The first-order valence-electron chi connectivity index (χ1n) is 4.99. The molecule has 3 rings (SSSR count). The molecular weight excluding hydrogens is 206 g/mol. The second kappa shape index (κ2) is 3.31. The van der Waals surface area contributed by atoms with E-state index in [1.807, 2.05) is 0 Å².